The van der Waals surface area contributed by atoms with Gasteiger partial charge < -0.3 is 25.5 Å². The van der Waals surface area contributed by atoms with Crippen molar-refractivity contribution in [1.82, 2.24) is 10.6 Å². The molecule has 1 fully saturated rings. The van der Waals surface area contributed by atoms with Crippen molar-refractivity contribution in [1.29, 1.82) is 5.41 Å². The predicted molar refractivity (Wildman–Crippen MR) is 110 cm³/mol. The molecule has 0 radical (unpaired) electrons. The molecule has 5 N–H and O–H groups in total. The molecule has 1 aromatic carbocycles. The number of amidine groups is 1. The maximum atomic E-state index is 12.4. The van der Waals surface area contributed by atoms with E-state index in [0.29, 0.717) is 23.0 Å². The molecule has 0 bridgehead atoms. The third kappa shape index (κ3) is 5.16. The second kappa shape index (κ2) is 8.17. The third-order valence-corrected chi connectivity index (χ3v) is 4.68. The van der Waals surface area contributed by atoms with Gasteiger partial charge in [0.05, 0.1) is 12.3 Å². The molecule has 160 valence electrons. The lowest BCUT2D eigenvalue weighted by molar-refractivity contribution is -0.157. The van der Waals surface area contributed by atoms with Gasteiger partial charge in [0.15, 0.2) is 5.76 Å². The van der Waals surface area contributed by atoms with Crippen molar-refractivity contribution in [3.63, 3.8) is 0 Å². The first-order chi connectivity index (χ1) is 14.0. The molecule has 2 unspecified atom stereocenters. The van der Waals surface area contributed by atoms with Crippen molar-refractivity contribution >= 4 is 34.6 Å². The lowest BCUT2D eigenvalue weighted by Crippen LogP contribution is -2.38. The van der Waals surface area contributed by atoms with Gasteiger partial charge in [-0.25, -0.2) is 0 Å². The van der Waals surface area contributed by atoms with E-state index in [9.17, 15) is 14.4 Å². The van der Waals surface area contributed by atoms with Crippen LogP contribution in [0.4, 0.5) is 0 Å². The molecule has 9 nitrogen and oxygen atoms in total. The summed E-state index contributed by atoms with van der Waals surface area (Å²) in [5, 5.41) is 13.7. The van der Waals surface area contributed by atoms with Crippen molar-refractivity contribution in [3.05, 3.63) is 35.6 Å². The number of hydrogen-bond donors (Lipinski definition) is 4. The van der Waals surface area contributed by atoms with E-state index in [1.807, 2.05) is 0 Å². The molecule has 0 saturated carbocycles. The van der Waals surface area contributed by atoms with Crippen molar-refractivity contribution in [2.75, 3.05) is 6.54 Å². The highest BCUT2D eigenvalue weighted by atomic mass is 16.6. The Hall–Kier alpha value is -3.36. The third-order valence-electron chi connectivity index (χ3n) is 4.68. The highest BCUT2D eigenvalue weighted by Crippen LogP contribution is 2.22. The summed E-state index contributed by atoms with van der Waals surface area (Å²) in [6, 6.07) is 6.28. The predicted octanol–water partition coefficient (Wildman–Crippen LogP) is 1.68. The molecule has 1 aromatic heterocycles. The van der Waals surface area contributed by atoms with E-state index in [0.717, 1.165) is 0 Å². The molecule has 3 rings (SSSR count). The number of esters is 1. The van der Waals surface area contributed by atoms with Crippen molar-refractivity contribution in [2.45, 2.75) is 45.3 Å². The summed E-state index contributed by atoms with van der Waals surface area (Å²) in [6.45, 7) is 5.54. The number of rotatable bonds is 6. The molecule has 1 aliphatic rings. The average Bonchev–Trinajstić information content (AvgIpc) is 3.21. The Morgan fingerprint density at radius 2 is 2.07 bits per heavy atom. The second-order valence-corrected chi connectivity index (χ2v) is 8.42. The fourth-order valence-electron chi connectivity index (χ4n) is 3.35. The molecule has 1 saturated heterocycles. The van der Waals surface area contributed by atoms with Gasteiger partial charge in [0.2, 0.25) is 5.91 Å². The first-order valence-electron chi connectivity index (χ1n) is 9.70. The summed E-state index contributed by atoms with van der Waals surface area (Å²) in [4.78, 5) is 36.5. The molecule has 0 aliphatic carbocycles. The maximum absolute atomic E-state index is 12.4. The second-order valence-electron chi connectivity index (χ2n) is 8.42. The summed E-state index contributed by atoms with van der Waals surface area (Å²) in [5.41, 5.74) is 5.93. The van der Waals surface area contributed by atoms with E-state index < -0.39 is 23.4 Å². The minimum atomic E-state index is -0.600. The number of furan rings is 1. The van der Waals surface area contributed by atoms with Crippen molar-refractivity contribution in [3.8, 4) is 0 Å². The zero-order valence-corrected chi connectivity index (χ0v) is 17.2. The lowest BCUT2D eigenvalue weighted by atomic mass is 10.0. The number of carbonyl (C=O) groups is 3. The molecular formula is C21H26N4O5. The van der Waals surface area contributed by atoms with Gasteiger partial charge in [-0.2, -0.15) is 0 Å². The van der Waals surface area contributed by atoms with E-state index in [1.165, 1.54) is 0 Å². The number of nitrogen functional groups attached to an aromatic ring is 1. The van der Waals surface area contributed by atoms with Gasteiger partial charge >= 0.3 is 5.97 Å². The van der Waals surface area contributed by atoms with Gasteiger partial charge in [-0.3, -0.25) is 19.8 Å². The summed E-state index contributed by atoms with van der Waals surface area (Å²) >= 11 is 0. The van der Waals surface area contributed by atoms with Crippen LogP contribution < -0.4 is 16.4 Å². The van der Waals surface area contributed by atoms with Crippen LogP contribution >= 0.6 is 0 Å². The van der Waals surface area contributed by atoms with Gasteiger partial charge in [0, 0.05) is 23.5 Å². The Morgan fingerprint density at radius 1 is 1.33 bits per heavy atom. The van der Waals surface area contributed by atoms with E-state index >= 15 is 0 Å². The monoisotopic (exact) mass is 414 g/mol. The van der Waals surface area contributed by atoms with Gasteiger partial charge in [0.25, 0.3) is 5.91 Å². The smallest absolute Gasteiger partial charge is 0.307 e. The van der Waals surface area contributed by atoms with Crippen LogP contribution in [-0.2, 0) is 14.3 Å². The number of amides is 2. The number of carbonyl (C=O) groups excluding carboxylic acids is 3. The molecule has 0 spiro atoms. The number of hydrogen-bond acceptors (Lipinski definition) is 6. The van der Waals surface area contributed by atoms with Gasteiger partial charge in [-0.1, -0.05) is 0 Å². The SMILES string of the molecule is CC(C)(C)OC(=O)CC1CC(CNC(=O)c2cc3cc(C(=N)N)ccc3o2)NC1=O. The van der Waals surface area contributed by atoms with E-state index in [-0.39, 0.29) is 36.5 Å². The van der Waals surface area contributed by atoms with Gasteiger partial charge in [-0.15, -0.1) is 0 Å². The first kappa shape index (κ1) is 21.4. The van der Waals surface area contributed by atoms with Crippen LogP contribution in [-0.4, -0.2) is 41.8 Å². The zero-order chi connectivity index (χ0) is 22.1. The minimum absolute atomic E-state index is 0.00953. The Morgan fingerprint density at radius 3 is 2.73 bits per heavy atom. The summed E-state index contributed by atoms with van der Waals surface area (Å²) in [5.74, 6) is -1.47. The Balaban J connectivity index is 1.55. The standard InChI is InChI=1S/C21H26N4O5/c1-21(2,3)30-17(26)9-13-7-14(25-19(13)27)10-24-20(28)16-8-12-6-11(18(22)23)4-5-15(12)29-16/h4-6,8,13-14H,7,9-10H2,1-3H3,(H3,22,23)(H,24,28)(H,25,27). The van der Waals surface area contributed by atoms with Gasteiger partial charge in [-0.05, 0) is 51.5 Å². The lowest BCUT2D eigenvalue weighted by Gasteiger charge is -2.20. The average molecular weight is 414 g/mol. The summed E-state index contributed by atoms with van der Waals surface area (Å²) in [7, 11) is 0. The number of nitrogens with two attached hydrogens (primary N) is 1. The Labute approximate surface area is 173 Å². The zero-order valence-electron chi connectivity index (χ0n) is 17.2. The Kier molecular flexibility index (Phi) is 5.82. The Bertz CT molecular complexity index is 1000. The topological polar surface area (TPSA) is 148 Å². The molecule has 9 heteroatoms. The maximum Gasteiger partial charge on any atom is 0.307 e. The molecule has 2 amide bonds. The van der Waals surface area contributed by atoms with Crippen LogP contribution in [0.2, 0.25) is 0 Å². The van der Waals surface area contributed by atoms with E-state index in [2.05, 4.69) is 10.6 Å². The van der Waals surface area contributed by atoms with Crippen molar-refractivity contribution < 1.29 is 23.5 Å². The minimum Gasteiger partial charge on any atom is -0.460 e. The van der Waals surface area contributed by atoms with Crippen LogP contribution in [0.5, 0.6) is 0 Å². The fraction of sp³-hybridized carbons (Fsp3) is 0.429. The highest BCUT2D eigenvalue weighted by molar-refractivity contribution is 6.00. The summed E-state index contributed by atoms with van der Waals surface area (Å²) in [6.07, 6.45) is 0.441. The van der Waals surface area contributed by atoms with Crippen LogP contribution in [0.25, 0.3) is 11.0 Å². The normalized spacial score (nSPS) is 18.8. The van der Waals surface area contributed by atoms with Crippen molar-refractivity contribution in [2.24, 2.45) is 11.7 Å². The van der Waals surface area contributed by atoms with Crippen LogP contribution in [0, 0.1) is 11.3 Å². The van der Waals surface area contributed by atoms with E-state index in [1.54, 1.807) is 45.0 Å². The number of ether oxygens (including phenoxy) is 1. The molecule has 2 heterocycles. The van der Waals surface area contributed by atoms with Crippen LogP contribution in [0.1, 0.15) is 49.7 Å². The number of fused-ring (bicyclic) bond motifs is 1. The quantitative estimate of drug-likeness (QED) is 0.321. The molecule has 1 aliphatic heterocycles. The fourth-order valence-corrected chi connectivity index (χ4v) is 3.35. The molecular weight excluding hydrogens is 388 g/mol. The molecule has 2 aromatic rings. The molecule has 30 heavy (non-hydrogen) atoms. The highest BCUT2D eigenvalue weighted by Gasteiger charge is 2.34. The summed E-state index contributed by atoms with van der Waals surface area (Å²) < 4.78 is 10.8. The van der Waals surface area contributed by atoms with Gasteiger partial charge in [0.1, 0.15) is 17.0 Å². The number of nitrogens with one attached hydrogen (secondary N) is 3. The largest absolute Gasteiger partial charge is 0.460 e. The first-order valence-corrected chi connectivity index (χ1v) is 9.70. The molecule has 2 atom stereocenters. The van der Waals surface area contributed by atoms with Crippen LogP contribution in [0.3, 0.4) is 0 Å². The number of benzene rings is 1. The van der Waals surface area contributed by atoms with Crippen LogP contribution in [0.15, 0.2) is 28.7 Å². The van der Waals surface area contributed by atoms with E-state index in [4.69, 9.17) is 20.3 Å².